The molecule has 0 bridgehead atoms. The van der Waals surface area contributed by atoms with Crippen molar-refractivity contribution in [2.75, 3.05) is 0 Å². The van der Waals surface area contributed by atoms with Crippen LogP contribution < -0.4 is 0 Å². The third-order valence-corrected chi connectivity index (χ3v) is 6.60. The number of allylic oxidation sites excluding steroid dienone is 2. The Kier molecular flexibility index (Phi) is 7.30. The summed E-state index contributed by atoms with van der Waals surface area (Å²) < 4.78 is 6.35. The Labute approximate surface area is 238 Å². The van der Waals surface area contributed by atoms with Crippen LogP contribution in [0, 0.1) is 6.07 Å². The number of ketones is 1. The van der Waals surface area contributed by atoms with E-state index in [1.807, 2.05) is 12.3 Å². The van der Waals surface area contributed by atoms with Crippen molar-refractivity contribution in [1.82, 2.24) is 4.98 Å². The quantitative estimate of drug-likeness (QED) is 0.0854. The van der Waals surface area contributed by atoms with Crippen molar-refractivity contribution < 1.29 is 34.4 Å². The van der Waals surface area contributed by atoms with E-state index < -0.39 is 0 Å². The Morgan fingerprint density at radius 3 is 2.21 bits per heavy atom. The molecule has 2 aromatic heterocycles. The van der Waals surface area contributed by atoms with Crippen LogP contribution in [-0.2, 0) is 24.9 Å². The van der Waals surface area contributed by atoms with Gasteiger partial charge in [-0.3, -0.25) is 4.79 Å². The molecule has 0 saturated heterocycles. The number of furan rings is 1. The fourth-order valence-electron chi connectivity index (χ4n) is 4.96. The molecule has 0 aliphatic rings. The van der Waals surface area contributed by atoms with Crippen molar-refractivity contribution in [3.63, 3.8) is 0 Å². The number of rotatable bonds is 2. The number of aliphatic hydroxyl groups is 1. The van der Waals surface area contributed by atoms with Gasteiger partial charge in [0, 0.05) is 48.8 Å². The van der Waals surface area contributed by atoms with Gasteiger partial charge in [0.25, 0.3) is 0 Å². The van der Waals surface area contributed by atoms with Gasteiger partial charge < -0.3 is 14.5 Å². The molecule has 0 unspecified atom stereocenters. The first-order valence-corrected chi connectivity index (χ1v) is 12.4. The van der Waals surface area contributed by atoms with Gasteiger partial charge >= 0.3 is 0 Å². The Morgan fingerprint density at radius 2 is 1.49 bits per heavy atom. The van der Waals surface area contributed by atoms with Crippen molar-refractivity contribution in [3.8, 4) is 11.3 Å². The predicted molar refractivity (Wildman–Crippen MR) is 155 cm³/mol. The maximum Gasteiger partial charge on any atom is 0.155 e. The molecule has 7 rings (SSSR count). The minimum atomic E-state index is -0.125. The molecule has 0 aliphatic carbocycles. The molecule has 0 fully saturated rings. The van der Waals surface area contributed by atoms with Crippen LogP contribution in [-0.4, -0.2) is 15.9 Å². The molecular formula is C34H24IrNO3-. The first-order chi connectivity index (χ1) is 18.5. The van der Waals surface area contributed by atoms with Crippen LogP contribution in [0.4, 0.5) is 0 Å². The van der Waals surface area contributed by atoms with Crippen LogP contribution in [0.1, 0.15) is 13.8 Å². The second-order valence-electron chi connectivity index (χ2n) is 9.37. The Morgan fingerprint density at radius 1 is 0.795 bits per heavy atom. The van der Waals surface area contributed by atoms with Crippen molar-refractivity contribution >= 4 is 60.0 Å². The zero-order chi connectivity index (χ0) is 26.2. The maximum atomic E-state index is 10.0. The molecule has 5 heteroatoms. The third kappa shape index (κ3) is 5.07. The predicted octanol–water partition coefficient (Wildman–Crippen LogP) is 8.94. The summed E-state index contributed by atoms with van der Waals surface area (Å²) in [5, 5.41) is 17.8. The third-order valence-electron chi connectivity index (χ3n) is 6.60. The van der Waals surface area contributed by atoms with Crippen LogP contribution in [0.5, 0.6) is 0 Å². The van der Waals surface area contributed by atoms with E-state index >= 15 is 0 Å². The number of carbonyl (C=O) groups is 1. The monoisotopic (exact) mass is 687 g/mol. The van der Waals surface area contributed by atoms with Crippen molar-refractivity contribution in [1.29, 1.82) is 0 Å². The first kappa shape index (κ1) is 26.3. The summed E-state index contributed by atoms with van der Waals surface area (Å²) in [5.41, 5.74) is 3.46. The number of nitrogens with zero attached hydrogens (tertiary/aromatic N) is 1. The minimum absolute atomic E-state index is 0. The molecule has 0 amide bonds. The van der Waals surface area contributed by atoms with Crippen molar-refractivity contribution in [2.45, 2.75) is 13.8 Å². The Hall–Kier alpha value is -4.31. The normalized spacial score (nSPS) is 11.5. The van der Waals surface area contributed by atoms with Gasteiger partial charge in [-0.15, -0.1) is 29.1 Å². The fourth-order valence-corrected chi connectivity index (χ4v) is 4.96. The SMILES string of the molecule is CC(=O)/C=C(/C)O.[Ir].[c-]1cc2c(ccc3ccccc32)cc1-c1nccc2c1oc1cc3ccccc3cc12. The summed E-state index contributed by atoms with van der Waals surface area (Å²) in [6, 6.07) is 35.2. The van der Waals surface area contributed by atoms with E-state index in [4.69, 9.17) is 9.52 Å². The molecule has 0 saturated carbocycles. The average Bonchev–Trinajstić information content (AvgIpc) is 3.28. The number of aromatic nitrogens is 1. The number of hydrogen-bond acceptors (Lipinski definition) is 4. The van der Waals surface area contributed by atoms with Gasteiger partial charge in [-0.2, -0.15) is 0 Å². The summed E-state index contributed by atoms with van der Waals surface area (Å²) in [6.07, 6.45) is 3.03. The van der Waals surface area contributed by atoms with Gasteiger partial charge in [0.05, 0.1) is 5.76 Å². The second kappa shape index (κ2) is 10.8. The van der Waals surface area contributed by atoms with Gasteiger partial charge in [0.2, 0.25) is 0 Å². The van der Waals surface area contributed by atoms with Gasteiger partial charge in [-0.05, 0) is 48.2 Å². The summed E-state index contributed by atoms with van der Waals surface area (Å²) in [6.45, 7) is 2.85. The van der Waals surface area contributed by atoms with Gasteiger partial charge in [0.1, 0.15) is 11.2 Å². The number of pyridine rings is 1. The second-order valence-corrected chi connectivity index (χ2v) is 9.37. The average molecular weight is 687 g/mol. The zero-order valence-electron chi connectivity index (χ0n) is 21.4. The summed E-state index contributed by atoms with van der Waals surface area (Å²) >= 11 is 0. The van der Waals surface area contributed by atoms with E-state index in [2.05, 4.69) is 96.0 Å². The minimum Gasteiger partial charge on any atom is -0.512 e. The Bertz CT molecular complexity index is 2030. The van der Waals surface area contributed by atoms with E-state index in [0.717, 1.165) is 33.2 Å². The molecule has 2 heterocycles. The van der Waals surface area contributed by atoms with Crippen LogP contribution >= 0.6 is 0 Å². The van der Waals surface area contributed by atoms with Gasteiger partial charge in [-0.1, -0.05) is 71.4 Å². The largest absolute Gasteiger partial charge is 0.512 e. The zero-order valence-corrected chi connectivity index (χ0v) is 23.8. The fraction of sp³-hybridized carbons (Fsp3) is 0.0588. The van der Waals surface area contributed by atoms with Gasteiger partial charge in [0.15, 0.2) is 5.78 Å². The summed E-state index contributed by atoms with van der Waals surface area (Å²) in [7, 11) is 0. The molecule has 39 heavy (non-hydrogen) atoms. The number of carbonyl (C=O) groups excluding carboxylic acids is 1. The van der Waals surface area contributed by atoms with E-state index in [0.29, 0.717) is 0 Å². The van der Waals surface area contributed by atoms with Crippen molar-refractivity contribution in [3.05, 3.63) is 115 Å². The van der Waals surface area contributed by atoms with Crippen LogP contribution in [0.25, 0.3) is 65.5 Å². The smallest absolute Gasteiger partial charge is 0.155 e. The molecule has 1 radical (unpaired) electrons. The van der Waals surface area contributed by atoms with Gasteiger partial charge in [-0.25, -0.2) is 0 Å². The molecule has 7 aromatic rings. The number of aliphatic hydroxyl groups excluding tert-OH is 1. The molecule has 193 valence electrons. The maximum absolute atomic E-state index is 10.0. The standard InChI is InChI=1S/C29H16NO.C5H8O2.Ir/c1-2-7-20-17-27-26(16-19(20)6-1)25-13-14-30-28(29(25)31-27)22-11-12-24-21(15-22)10-9-18-5-3-4-8-23(18)24;1-4(6)3-5(2)7;/h1-10,12-17H;3,6H,1-2H3;/q-1;;/b;4-3-;. The Balaban J connectivity index is 0.000000345. The van der Waals surface area contributed by atoms with Crippen LogP contribution in [0.2, 0.25) is 0 Å². The molecule has 4 nitrogen and oxygen atoms in total. The van der Waals surface area contributed by atoms with Crippen LogP contribution in [0.15, 0.2) is 113 Å². The van der Waals surface area contributed by atoms with E-state index in [1.54, 1.807) is 0 Å². The molecule has 5 aromatic carbocycles. The molecule has 0 spiro atoms. The van der Waals surface area contributed by atoms with E-state index in [9.17, 15) is 4.79 Å². The molecule has 0 aliphatic heterocycles. The van der Waals surface area contributed by atoms with Crippen molar-refractivity contribution in [2.24, 2.45) is 0 Å². The van der Waals surface area contributed by atoms with E-state index in [-0.39, 0.29) is 31.6 Å². The molecule has 1 N–H and O–H groups in total. The van der Waals surface area contributed by atoms with E-state index in [1.165, 1.54) is 52.2 Å². The van der Waals surface area contributed by atoms with Crippen LogP contribution in [0.3, 0.4) is 0 Å². The number of hydrogen-bond donors (Lipinski definition) is 1. The topological polar surface area (TPSA) is 63.3 Å². The number of benzene rings is 5. The first-order valence-electron chi connectivity index (χ1n) is 12.4. The summed E-state index contributed by atoms with van der Waals surface area (Å²) in [4.78, 5) is 14.7. The molecule has 0 atom stereocenters. The number of fused-ring (bicyclic) bond motifs is 7. The molecular weight excluding hydrogens is 663 g/mol. The summed E-state index contributed by atoms with van der Waals surface area (Å²) in [5.74, 6) is -0.0625.